The van der Waals surface area contributed by atoms with Gasteiger partial charge in [-0.05, 0) is 65.2 Å². The molecule has 2 amide bonds. The first-order chi connectivity index (χ1) is 16.7. The lowest BCUT2D eigenvalue weighted by molar-refractivity contribution is -0.120. The molecule has 0 saturated heterocycles. The van der Waals surface area contributed by atoms with Gasteiger partial charge in [0.05, 0.1) is 42.0 Å². The normalized spacial score (nSPS) is 17.6. The van der Waals surface area contributed by atoms with Crippen LogP contribution >= 0.6 is 0 Å². The monoisotopic (exact) mass is 477 g/mol. The molecule has 0 spiro atoms. The van der Waals surface area contributed by atoms with E-state index in [1.54, 1.807) is 11.1 Å². The summed E-state index contributed by atoms with van der Waals surface area (Å²) in [5.41, 5.74) is 5.10. The molecule has 0 radical (unpaired) electrons. The van der Waals surface area contributed by atoms with Crippen LogP contribution in [0.3, 0.4) is 0 Å². The molecule has 0 bridgehead atoms. The number of fused-ring (bicyclic) bond motifs is 1. The van der Waals surface area contributed by atoms with E-state index in [1.165, 1.54) is 0 Å². The van der Waals surface area contributed by atoms with Gasteiger partial charge >= 0.3 is 6.09 Å². The number of rotatable bonds is 5. The Morgan fingerprint density at radius 2 is 1.94 bits per heavy atom. The second-order valence-electron chi connectivity index (χ2n) is 9.81. The summed E-state index contributed by atoms with van der Waals surface area (Å²) < 4.78 is 12.6. The van der Waals surface area contributed by atoms with E-state index < -0.39 is 6.09 Å². The molecule has 1 aromatic carbocycles. The third-order valence-corrected chi connectivity index (χ3v) is 6.60. The highest BCUT2D eigenvalue weighted by molar-refractivity contribution is 6.05. The second-order valence-corrected chi connectivity index (χ2v) is 9.81. The second kappa shape index (κ2) is 8.87. The Labute approximate surface area is 204 Å². The molecule has 9 heteroatoms. The number of hydrogen-bond acceptors (Lipinski definition) is 6. The number of amides is 2. The summed E-state index contributed by atoms with van der Waals surface area (Å²) >= 11 is 0. The van der Waals surface area contributed by atoms with Crippen LogP contribution in [0.5, 0.6) is 0 Å². The molecule has 1 aliphatic carbocycles. The van der Waals surface area contributed by atoms with Crippen molar-refractivity contribution in [2.24, 2.45) is 5.92 Å². The molecular formula is C26H31N5O4. The fourth-order valence-corrected chi connectivity index (χ4v) is 4.59. The smallest absolute Gasteiger partial charge is 0.414 e. The van der Waals surface area contributed by atoms with Crippen LogP contribution in [0, 0.1) is 19.8 Å². The van der Waals surface area contributed by atoms with E-state index >= 15 is 0 Å². The molecule has 3 aromatic rings. The SMILES string of the molecule is Cc1noc(C)c1Cn1cc(-c2ccc3c(c2)N(C(=O)OC(C)C)C[C@H](C)N3C(=O)C2CC2)cn1. The van der Waals surface area contributed by atoms with Crippen LogP contribution in [-0.2, 0) is 16.1 Å². The van der Waals surface area contributed by atoms with Gasteiger partial charge in [0.2, 0.25) is 5.91 Å². The quantitative estimate of drug-likeness (QED) is 0.529. The largest absolute Gasteiger partial charge is 0.446 e. The van der Waals surface area contributed by atoms with Crippen molar-refractivity contribution in [1.29, 1.82) is 0 Å². The van der Waals surface area contributed by atoms with Gasteiger partial charge in [0.25, 0.3) is 0 Å². The summed E-state index contributed by atoms with van der Waals surface area (Å²) in [6.45, 7) is 10.4. The molecule has 5 rings (SSSR count). The number of carbonyl (C=O) groups is 2. The van der Waals surface area contributed by atoms with Crippen molar-refractivity contribution in [3.8, 4) is 11.1 Å². The van der Waals surface area contributed by atoms with Crippen molar-refractivity contribution in [2.75, 3.05) is 16.3 Å². The first-order valence-electron chi connectivity index (χ1n) is 12.1. The van der Waals surface area contributed by atoms with Crippen molar-refractivity contribution in [3.63, 3.8) is 0 Å². The maximum Gasteiger partial charge on any atom is 0.414 e. The third-order valence-electron chi connectivity index (χ3n) is 6.60. The summed E-state index contributed by atoms with van der Waals surface area (Å²) in [6, 6.07) is 5.72. The molecule has 9 nitrogen and oxygen atoms in total. The number of aromatic nitrogens is 3. The van der Waals surface area contributed by atoms with Crippen LogP contribution in [0.1, 0.15) is 50.6 Å². The van der Waals surface area contributed by atoms with E-state index in [1.807, 2.05) is 68.6 Å². The molecule has 0 N–H and O–H groups in total. The average Bonchev–Trinajstić information content (AvgIpc) is 3.49. The van der Waals surface area contributed by atoms with Crippen molar-refractivity contribution >= 4 is 23.4 Å². The lowest BCUT2D eigenvalue weighted by Gasteiger charge is -2.41. The lowest BCUT2D eigenvalue weighted by atomic mass is 10.0. The molecule has 1 fully saturated rings. The summed E-state index contributed by atoms with van der Waals surface area (Å²) in [4.78, 5) is 29.6. The maximum atomic E-state index is 13.1. The van der Waals surface area contributed by atoms with Gasteiger partial charge in [-0.1, -0.05) is 11.2 Å². The van der Waals surface area contributed by atoms with Gasteiger partial charge in [0.15, 0.2) is 0 Å². The van der Waals surface area contributed by atoms with Crippen LogP contribution in [0.15, 0.2) is 35.1 Å². The van der Waals surface area contributed by atoms with Gasteiger partial charge in [-0.25, -0.2) is 4.79 Å². The Bertz CT molecular complexity index is 1250. The topological polar surface area (TPSA) is 93.7 Å². The highest BCUT2D eigenvalue weighted by Crippen LogP contribution is 2.42. The van der Waals surface area contributed by atoms with Crippen LogP contribution in [0.4, 0.5) is 16.2 Å². The number of carbonyl (C=O) groups excluding carboxylic acids is 2. The number of nitrogens with zero attached hydrogens (tertiary/aromatic N) is 5. The Morgan fingerprint density at radius 1 is 1.17 bits per heavy atom. The number of hydrogen-bond donors (Lipinski definition) is 0. The van der Waals surface area contributed by atoms with Gasteiger partial charge in [-0.3, -0.25) is 14.4 Å². The van der Waals surface area contributed by atoms with E-state index in [2.05, 4.69) is 10.3 Å². The number of benzene rings is 1. The van der Waals surface area contributed by atoms with E-state index in [0.717, 1.165) is 46.7 Å². The predicted molar refractivity (Wildman–Crippen MR) is 131 cm³/mol. The predicted octanol–water partition coefficient (Wildman–Crippen LogP) is 4.70. The van der Waals surface area contributed by atoms with Crippen molar-refractivity contribution < 1.29 is 18.8 Å². The molecule has 1 aliphatic heterocycles. The summed E-state index contributed by atoms with van der Waals surface area (Å²) in [6.07, 6.45) is 4.98. The third kappa shape index (κ3) is 4.42. The molecule has 0 unspecified atom stereocenters. The van der Waals surface area contributed by atoms with Gasteiger partial charge in [-0.15, -0.1) is 0 Å². The Hall–Kier alpha value is -3.62. The Balaban J connectivity index is 1.50. The lowest BCUT2D eigenvalue weighted by Crippen LogP contribution is -2.52. The highest BCUT2D eigenvalue weighted by Gasteiger charge is 2.41. The molecule has 35 heavy (non-hydrogen) atoms. The van der Waals surface area contributed by atoms with Crippen LogP contribution < -0.4 is 9.80 Å². The average molecular weight is 478 g/mol. The van der Waals surface area contributed by atoms with Crippen molar-refractivity contribution in [1.82, 2.24) is 14.9 Å². The zero-order valence-corrected chi connectivity index (χ0v) is 20.8. The first-order valence-corrected chi connectivity index (χ1v) is 12.1. The molecule has 2 aliphatic rings. The molecule has 3 heterocycles. The molecular weight excluding hydrogens is 446 g/mol. The van der Waals surface area contributed by atoms with Crippen molar-refractivity contribution in [2.45, 2.75) is 66.2 Å². The number of aryl methyl sites for hydroxylation is 2. The van der Waals surface area contributed by atoms with E-state index in [-0.39, 0.29) is 24.0 Å². The fourth-order valence-electron chi connectivity index (χ4n) is 4.59. The molecule has 2 aromatic heterocycles. The highest BCUT2D eigenvalue weighted by atomic mass is 16.6. The molecule has 1 saturated carbocycles. The molecule has 184 valence electrons. The van der Waals surface area contributed by atoms with E-state index in [4.69, 9.17) is 9.26 Å². The number of anilines is 2. The van der Waals surface area contributed by atoms with Gasteiger partial charge in [-0.2, -0.15) is 5.10 Å². The van der Waals surface area contributed by atoms with Gasteiger partial charge in [0, 0.05) is 29.8 Å². The number of ether oxygens (including phenoxy) is 1. The first kappa shape index (κ1) is 23.1. The zero-order chi connectivity index (χ0) is 24.9. The Kier molecular flexibility index (Phi) is 5.86. The zero-order valence-electron chi connectivity index (χ0n) is 20.8. The minimum atomic E-state index is -0.405. The maximum absolute atomic E-state index is 13.1. The minimum Gasteiger partial charge on any atom is -0.446 e. The standard InChI is InChI=1S/C26H31N5O4/c1-15(2)34-26(33)30-12-16(3)31(25(32)19-6-7-19)23-9-8-20(10-24(23)30)21-11-27-29(13-21)14-22-17(4)28-35-18(22)5/h8-11,13,15-16,19H,6-7,12,14H2,1-5H3/t16-/m0/s1. The minimum absolute atomic E-state index is 0.0849. The summed E-state index contributed by atoms with van der Waals surface area (Å²) in [5, 5.41) is 8.54. The van der Waals surface area contributed by atoms with Gasteiger partial charge in [0.1, 0.15) is 5.76 Å². The molecule has 1 atom stereocenters. The Morgan fingerprint density at radius 3 is 2.60 bits per heavy atom. The van der Waals surface area contributed by atoms with Crippen molar-refractivity contribution in [3.05, 3.63) is 47.6 Å². The van der Waals surface area contributed by atoms with Crippen LogP contribution in [0.2, 0.25) is 0 Å². The summed E-state index contributed by atoms with van der Waals surface area (Å²) in [7, 11) is 0. The van der Waals surface area contributed by atoms with E-state index in [0.29, 0.717) is 18.8 Å². The fraction of sp³-hybridized carbons (Fsp3) is 0.462. The van der Waals surface area contributed by atoms with Crippen LogP contribution in [-0.4, -0.2) is 45.6 Å². The van der Waals surface area contributed by atoms with Gasteiger partial charge < -0.3 is 14.2 Å². The van der Waals surface area contributed by atoms with E-state index in [9.17, 15) is 9.59 Å². The summed E-state index contributed by atoms with van der Waals surface area (Å²) in [5.74, 6) is 1.000. The van der Waals surface area contributed by atoms with Crippen LogP contribution in [0.25, 0.3) is 11.1 Å².